The summed E-state index contributed by atoms with van der Waals surface area (Å²) in [6.45, 7) is 1.79. The summed E-state index contributed by atoms with van der Waals surface area (Å²) in [5.41, 5.74) is 0. The molecule has 1 aliphatic rings. The minimum absolute atomic E-state index is 0.196. The standard InChI is InChI=1S/C7H12N2O3/c1-5-6(8-4-12-5)7(10)9(2)11-3/h4-6H,1-3H3/t5-,6+/m1/s1. The number of hydrogen-bond acceptors (Lipinski definition) is 4. The Morgan fingerprint density at radius 2 is 2.42 bits per heavy atom. The molecule has 5 nitrogen and oxygen atoms in total. The van der Waals surface area contributed by atoms with E-state index in [0.29, 0.717) is 0 Å². The van der Waals surface area contributed by atoms with Crippen LogP contribution in [0.5, 0.6) is 0 Å². The number of carbonyl (C=O) groups is 1. The van der Waals surface area contributed by atoms with Gasteiger partial charge in [0.25, 0.3) is 5.91 Å². The monoisotopic (exact) mass is 172 g/mol. The van der Waals surface area contributed by atoms with Crippen LogP contribution in [-0.4, -0.2) is 43.7 Å². The van der Waals surface area contributed by atoms with Crippen molar-refractivity contribution in [1.82, 2.24) is 5.06 Å². The van der Waals surface area contributed by atoms with Crippen LogP contribution in [0.25, 0.3) is 0 Å². The van der Waals surface area contributed by atoms with Gasteiger partial charge in [0.15, 0.2) is 12.4 Å². The summed E-state index contributed by atoms with van der Waals surface area (Å²) in [5, 5.41) is 1.15. The van der Waals surface area contributed by atoms with Crippen molar-refractivity contribution in [2.75, 3.05) is 14.2 Å². The molecule has 0 aromatic carbocycles. The molecule has 1 rings (SSSR count). The SMILES string of the molecule is CON(C)C(=O)[C@H]1N=CO[C@@H]1C. The predicted octanol–water partition coefficient (Wildman–Crippen LogP) is -0.178. The average molecular weight is 172 g/mol. The summed E-state index contributed by atoms with van der Waals surface area (Å²) < 4.78 is 4.99. The van der Waals surface area contributed by atoms with Gasteiger partial charge in [0.05, 0.1) is 7.11 Å². The third kappa shape index (κ3) is 1.55. The Labute approximate surface area is 70.9 Å². The molecule has 0 aromatic heterocycles. The summed E-state index contributed by atoms with van der Waals surface area (Å²) >= 11 is 0. The van der Waals surface area contributed by atoms with Crippen molar-refractivity contribution in [2.45, 2.75) is 19.1 Å². The second kappa shape index (κ2) is 3.53. The van der Waals surface area contributed by atoms with E-state index < -0.39 is 6.04 Å². The summed E-state index contributed by atoms with van der Waals surface area (Å²) in [6, 6.07) is -0.463. The number of likely N-dealkylation sites (N-methyl/N-ethyl adjacent to an activating group) is 1. The van der Waals surface area contributed by atoms with Crippen LogP contribution in [0.4, 0.5) is 0 Å². The van der Waals surface area contributed by atoms with Gasteiger partial charge >= 0.3 is 0 Å². The van der Waals surface area contributed by atoms with Crippen molar-refractivity contribution in [2.24, 2.45) is 4.99 Å². The average Bonchev–Trinajstić information content (AvgIpc) is 2.48. The fraction of sp³-hybridized carbons (Fsp3) is 0.714. The molecular weight excluding hydrogens is 160 g/mol. The maximum absolute atomic E-state index is 11.4. The van der Waals surface area contributed by atoms with Gasteiger partial charge in [-0.05, 0) is 6.92 Å². The van der Waals surface area contributed by atoms with Gasteiger partial charge in [0, 0.05) is 7.05 Å². The largest absolute Gasteiger partial charge is 0.478 e. The van der Waals surface area contributed by atoms with E-state index in [9.17, 15) is 4.79 Å². The van der Waals surface area contributed by atoms with E-state index in [1.54, 1.807) is 14.0 Å². The maximum atomic E-state index is 11.4. The maximum Gasteiger partial charge on any atom is 0.274 e. The smallest absolute Gasteiger partial charge is 0.274 e. The molecule has 0 saturated carbocycles. The zero-order chi connectivity index (χ0) is 9.14. The van der Waals surface area contributed by atoms with Crippen molar-refractivity contribution >= 4 is 12.3 Å². The number of carbonyl (C=O) groups excluding carboxylic acids is 1. The van der Waals surface area contributed by atoms with E-state index in [-0.39, 0.29) is 12.0 Å². The molecule has 0 saturated heterocycles. The van der Waals surface area contributed by atoms with Gasteiger partial charge in [-0.25, -0.2) is 10.1 Å². The predicted molar refractivity (Wildman–Crippen MR) is 42.6 cm³/mol. The molecule has 5 heteroatoms. The lowest BCUT2D eigenvalue weighted by molar-refractivity contribution is -0.171. The van der Waals surface area contributed by atoms with Crippen LogP contribution >= 0.6 is 0 Å². The van der Waals surface area contributed by atoms with Crippen LogP contribution < -0.4 is 0 Å². The molecule has 0 radical (unpaired) electrons. The number of nitrogens with zero attached hydrogens (tertiary/aromatic N) is 2. The Morgan fingerprint density at radius 1 is 1.75 bits per heavy atom. The summed E-state index contributed by atoms with van der Waals surface area (Å²) in [5.74, 6) is -0.196. The quantitative estimate of drug-likeness (QED) is 0.543. The van der Waals surface area contributed by atoms with Gasteiger partial charge in [-0.3, -0.25) is 9.63 Å². The van der Waals surface area contributed by atoms with E-state index in [1.165, 1.54) is 13.5 Å². The molecule has 68 valence electrons. The highest BCUT2D eigenvalue weighted by Crippen LogP contribution is 2.11. The van der Waals surface area contributed by atoms with Crippen molar-refractivity contribution in [3.05, 3.63) is 0 Å². The van der Waals surface area contributed by atoms with E-state index in [0.717, 1.165) is 5.06 Å². The van der Waals surface area contributed by atoms with Gasteiger partial charge in [0.2, 0.25) is 0 Å². The molecule has 1 aliphatic heterocycles. The van der Waals surface area contributed by atoms with Crippen molar-refractivity contribution < 1.29 is 14.4 Å². The summed E-state index contributed by atoms with van der Waals surface area (Å²) in [4.78, 5) is 20.0. The second-order valence-electron chi connectivity index (χ2n) is 2.56. The topological polar surface area (TPSA) is 51.1 Å². The lowest BCUT2D eigenvalue weighted by Gasteiger charge is -2.18. The van der Waals surface area contributed by atoms with Crippen LogP contribution in [0.1, 0.15) is 6.92 Å². The fourth-order valence-electron chi connectivity index (χ4n) is 0.933. The molecule has 0 spiro atoms. The fourth-order valence-corrected chi connectivity index (χ4v) is 0.933. The van der Waals surface area contributed by atoms with E-state index in [1.807, 2.05) is 0 Å². The van der Waals surface area contributed by atoms with Gasteiger partial charge in [-0.1, -0.05) is 0 Å². The number of amides is 1. The van der Waals surface area contributed by atoms with Crippen molar-refractivity contribution in [3.8, 4) is 0 Å². The molecule has 2 atom stereocenters. The van der Waals surface area contributed by atoms with Crippen LogP contribution in [0.3, 0.4) is 0 Å². The Morgan fingerprint density at radius 3 is 2.83 bits per heavy atom. The first-order valence-electron chi connectivity index (χ1n) is 3.65. The lowest BCUT2D eigenvalue weighted by Crippen LogP contribution is -2.38. The summed E-state index contributed by atoms with van der Waals surface area (Å²) in [7, 11) is 2.98. The first-order valence-corrected chi connectivity index (χ1v) is 3.65. The Hall–Kier alpha value is -1.10. The third-order valence-electron chi connectivity index (χ3n) is 1.78. The highest BCUT2D eigenvalue weighted by Gasteiger charge is 2.31. The zero-order valence-electron chi connectivity index (χ0n) is 7.35. The molecule has 1 amide bonds. The molecule has 0 unspecified atom stereocenters. The Kier molecular flexibility index (Phi) is 2.65. The molecule has 0 bridgehead atoms. The Balaban J connectivity index is 2.57. The molecule has 0 aliphatic carbocycles. The van der Waals surface area contributed by atoms with Crippen LogP contribution in [0, 0.1) is 0 Å². The van der Waals surface area contributed by atoms with Crippen LogP contribution in [0.15, 0.2) is 4.99 Å². The van der Waals surface area contributed by atoms with Gasteiger partial charge in [0.1, 0.15) is 6.10 Å². The molecule has 1 heterocycles. The molecule has 12 heavy (non-hydrogen) atoms. The number of ether oxygens (including phenoxy) is 1. The first kappa shape index (κ1) is 8.99. The minimum Gasteiger partial charge on any atom is -0.478 e. The Bertz CT molecular complexity index is 205. The second-order valence-corrected chi connectivity index (χ2v) is 2.56. The van der Waals surface area contributed by atoms with Gasteiger partial charge in [-0.2, -0.15) is 0 Å². The third-order valence-corrected chi connectivity index (χ3v) is 1.78. The highest BCUT2D eigenvalue weighted by molar-refractivity contribution is 5.83. The first-order chi connectivity index (χ1) is 5.66. The number of aliphatic imine (C=N–C) groups is 1. The molecule has 0 aromatic rings. The number of rotatable bonds is 2. The van der Waals surface area contributed by atoms with Crippen LogP contribution in [-0.2, 0) is 14.4 Å². The zero-order valence-corrected chi connectivity index (χ0v) is 7.35. The van der Waals surface area contributed by atoms with Crippen molar-refractivity contribution in [3.63, 3.8) is 0 Å². The van der Waals surface area contributed by atoms with E-state index in [4.69, 9.17) is 9.57 Å². The molecular formula is C7H12N2O3. The normalized spacial score (nSPS) is 26.9. The lowest BCUT2D eigenvalue weighted by atomic mass is 10.2. The van der Waals surface area contributed by atoms with Crippen molar-refractivity contribution in [1.29, 1.82) is 0 Å². The van der Waals surface area contributed by atoms with E-state index >= 15 is 0 Å². The molecule has 0 fully saturated rings. The number of hydroxylamine groups is 2. The van der Waals surface area contributed by atoms with Gasteiger partial charge in [-0.15, -0.1) is 0 Å². The van der Waals surface area contributed by atoms with Crippen LogP contribution in [0.2, 0.25) is 0 Å². The highest BCUT2D eigenvalue weighted by atomic mass is 16.7. The molecule has 0 N–H and O–H groups in total. The number of hydrogen-bond donors (Lipinski definition) is 0. The minimum atomic E-state index is -0.463. The summed E-state index contributed by atoms with van der Waals surface area (Å²) in [6.07, 6.45) is 1.10. The van der Waals surface area contributed by atoms with E-state index in [2.05, 4.69) is 4.99 Å². The van der Waals surface area contributed by atoms with Gasteiger partial charge < -0.3 is 4.74 Å².